The lowest BCUT2D eigenvalue weighted by Gasteiger charge is -2.32. The van der Waals surface area contributed by atoms with Gasteiger partial charge in [-0.2, -0.15) is 12.6 Å². The van der Waals surface area contributed by atoms with Crippen molar-refractivity contribution in [2.45, 2.75) is 45.8 Å². The van der Waals surface area contributed by atoms with Gasteiger partial charge in [-0.1, -0.05) is 6.08 Å². The largest absolute Gasteiger partial charge is 0.491 e. The van der Waals surface area contributed by atoms with Crippen LogP contribution in [0.1, 0.15) is 38.1 Å². The number of hydrogen-bond donors (Lipinski definition) is 1. The fraction of sp³-hybridized carbons (Fsp3) is 0.571. The first-order valence-corrected chi connectivity index (χ1v) is 7.99. The van der Waals surface area contributed by atoms with Crippen LogP contribution in [-0.2, 0) is 9.31 Å². The van der Waals surface area contributed by atoms with E-state index in [1.165, 1.54) is 10.4 Å². The van der Waals surface area contributed by atoms with E-state index in [0.29, 0.717) is 5.75 Å². The highest BCUT2D eigenvalue weighted by Gasteiger charge is 2.52. The van der Waals surface area contributed by atoms with E-state index in [1.807, 2.05) is 0 Å². The summed E-state index contributed by atoms with van der Waals surface area (Å²) in [6.07, 6.45) is 2.14. The molecule has 0 aliphatic carbocycles. The van der Waals surface area contributed by atoms with Crippen molar-refractivity contribution in [1.29, 1.82) is 0 Å². The first-order chi connectivity index (χ1) is 8.77. The lowest BCUT2D eigenvalue weighted by atomic mass is 9.78. The fourth-order valence-electron chi connectivity index (χ4n) is 1.93. The maximum atomic E-state index is 6.07. The minimum Gasteiger partial charge on any atom is -0.400 e. The smallest absolute Gasteiger partial charge is 0.400 e. The number of aryl methyl sites for hydroxylation is 1. The van der Waals surface area contributed by atoms with Crippen LogP contribution in [0.5, 0.6) is 0 Å². The molecule has 1 aliphatic rings. The van der Waals surface area contributed by atoms with Crippen molar-refractivity contribution in [3.63, 3.8) is 0 Å². The van der Waals surface area contributed by atoms with Gasteiger partial charge in [-0.15, -0.1) is 11.3 Å². The van der Waals surface area contributed by atoms with Crippen molar-refractivity contribution in [2.75, 3.05) is 5.75 Å². The summed E-state index contributed by atoms with van der Waals surface area (Å²) < 4.78 is 12.1. The van der Waals surface area contributed by atoms with E-state index < -0.39 is 0 Å². The predicted molar refractivity (Wildman–Crippen MR) is 87.0 cm³/mol. The second-order valence-corrected chi connectivity index (χ2v) is 7.33. The Morgan fingerprint density at radius 3 is 2.32 bits per heavy atom. The molecule has 0 N–H and O–H groups in total. The second kappa shape index (κ2) is 5.28. The molecule has 0 aromatic carbocycles. The summed E-state index contributed by atoms with van der Waals surface area (Å²) in [6.45, 7) is 10.4. The van der Waals surface area contributed by atoms with Gasteiger partial charge in [0, 0.05) is 10.6 Å². The van der Waals surface area contributed by atoms with Gasteiger partial charge in [-0.3, -0.25) is 0 Å². The van der Waals surface area contributed by atoms with Crippen molar-refractivity contribution in [3.8, 4) is 0 Å². The Morgan fingerprint density at radius 2 is 1.89 bits per heavy atom. The zero-order valence-corrected chi connectivity index (χ0v) is 13.9. The summed E-state index contributed by atoms with van der Waals surface area (Å²) in [7, 11) is -0.304. The average Bonchev–Trinajstić information content (AvgIpc) is 2.78. The van der Waals surface area contributed by atoms with Crippen LogP contribution < -0.4 is 0 Å². The number of thiol groups is 1. The molecule has 0 amide bonds. The van der Waals surface area contributed by atoms with Gasteiger partial charge in [0.05, 0.1) is 11.2 Å². The number of hydrogen-bond acceptors (Lipinski definition) is 4. The summed E-state index contributed by atoms with van der Waals surface area (Å²) in [5.41, 5.74) is 1.69. The van der Waals surface area contributed by atoms with Gasteiger partial charge in [0.15, 0.2) is 0 Å². The molecule has 2 heterocycles. The van der Waals surface area contributed by atoms with Crippen LogP contribution in [0.15, 0.2) is 16.9 Å². The molecule has 0 spiro atoms. The molecule has 0 unspecified atom stereocenters. The molecule has 0 radical (unpaired) electrons. The van der Waals surface area contributed by atoms with Gasteiger partial charge < -0.3 is 9.31 Å². The van der Waals surface area contributed by atoms with E-state index >= 15 is 0 Å². The van der Waals surface area contributed by atoms with Crippen LogP contribution in [0.25, 0.3) is 6.08 Å². The highest BCUT2D eigenvalue weighted by Crippen LogP contribution is 2.39. The van der Waals surface area contributed by atoms with Crippen molar-refractivity contribution < 1.29 is 9.31 Å². The Morgan fingerprint density at radius 1 is 1.32 bits per heavy atom. The molecule has 0 bridgehead atoms. The van der Waals surface area contributed by atoms with Crippen molar-refractivity contribution in [3.05, 3.63) is 27.4 Å². The van der Waals surface area contributed by atoms with Crippen LogP contribution in [0, 0.1) is 6.92 Å². The Bertz CT molecular complexity index is 475. The van der Waals surface area contributed by atoms with Gasteiger partial charge in [0.1, 0.15) is 0 Å². The molecule has 1 aromatic heterocycles. The van der Waals surface area contributed by atoms with Crippen LogP contribution in [-0.4, -0.2) is 24.1 Å². The van der Waals surface area contributed by atoms with E-state index in [-0.39, 0.29) is 18.3 Å². The van der Waals surface area contributed by atoms with Gasteiger partial charge >= 0.3 is 7.12 Å². The van der Waals surface area contributed by atoms with Gasteiger partial charge in [0.25, 0.3) is 0 Å². The molecule has 1 aromatic rings. The molecule has 0 atom stereocenters. The fourth-order valence-corrected chi connectivity index (χ4v) is 2.85. The van der Waals surface area contributed by atoms with E-state index in [0.717, 1.165) is 5.47 Å². The maximum Gasteiger partial charge on any atom is 0.491 e. The van der Waals surface area contributed by atoms with E-state index in [2.05, 4.69) is 64.8 Å². The SMILES string of the molecule is Cc1sccc1C=C(CS)B1OC(C)(C)C(C)(C)O1. The summed E-state index contributed by atoms with van der Waals surface area (Å²) >= 11 is 6.17. The molecule has 19 heavy (non-hydrogen) atoms. The van der Waals surface area contributed by atoms with Crippen molar-refractivity contribution in [1.82, 2.24) is 0 Å². The topological polar surface area (TPSA) is 18.5 Å². The minimum absolute atomic E-state index is 0.302. The highest BCUT2D eigenvalue weighted by atomic mass is 32.1. The summed E-state index contributed by atoms with van der Waals surface area (Å²) in [5, 5.41) is 2.10. The van der Waals surface area contributed by atoms with Crippen LogP contribution in [0.3, 0.4) is 0 Å². The van der Waals surface area contributed by atoms with Gasteiger partial charge in [-0.05, 0) is 57.1 Å². The third-order valence-corrected chi connectivity index (χ3v) is 5.20. The lowest BCUT2D eigenvalue weighted by Crippen LogP contribution is -2.41. The zero-order chi connectivity index (χ0) is 14.3. The molecular weight excluding hydrogens is 275 g/mol. The van der Waals surface area contributed by atoms with Gasteiger partial charge in [-0.25, -0.2) is 0 Å². The molecule has 2 rings (SSSR count). The Kier molecular flexibility index (Phi) is 4.22. The number of rotatable bonds is 3. The molecular formula is C14H21BO2S2. The molecule has 5 heteroatoms. The first-order valence-electron chi connectivity index (χ1n) is 6.48. The monoisotopic (exact) mass is 296 g/mol. The van der Waals surface area contributed by atoms with Crippen LogP contribution in [0.2, 0.25) is 0 Å². The quantitative estimate of drug-likeness (QED) is 0.671. The predicted octanol–water partition coefficient (Wildman–Crippen LogP) is 4.00. The third-order valence-electron chi connectivity index (χ3n) is 3.98. The summed E-state index contributed by atoms with van der Waals surface area (Å²) in [5.74, 6) is 0.631. The molecule has 1 aliphatic heterocycles. The second-order valence-electron chi connectivity index (χ2n) is 5.90. The molecule has 104 valence electrons. The van der Waals surface area contributed by atoms with Crippen LogP contribution >= 0.6 is 24.0 Å². The van der Waals surface area contributed by atoms with Crippen molar-refractivity contribution >= 4 is 37.2 Å². The molecule has 1 fully saturated rings. The number of thiophene rings is 1. The van der Waals surface area contributed by atoms with Crippen molar-refractivity contribution in [2.24, 2.45) is 0 Å². The first kappa shape index (κ1) is 15.2. The van der Waals surface area contributed by atoms with Gasteiger partial charge in [0.2, 0.25) is 0 Å². The molecule has 1 saturated heterocycles. The zero-order valence-electron chi connectivity index (χ0n) is 12.2. The lowest BCUT2D eigenvalue weighted by molar-refractivity contribution is 0.00578. The normalized spacial score (nSPS) is 22.0. The summed E-state index contributed by atoms with van der Waals surface area (Å²) in [6, 6.07) is 2.12. The van der Waals surface area contributed by atoms with E-state index in [4.69, 9.17) is 9.31 Å². The Labute approximate surface area is 125 Å². The Balaban J connectivity index is 2.26. The van der Waals surface area contributed by atoms with Crippen LogP contribution in [0.4, 0.5) is 0 Å². The molecule has 2 nitrogen and oxygen atoms in total. The molecule has 0 saturated carbocycles. The van der Waals surface area contributed by atoms with E-state index in [9.17, 15) is 0 Å². The average molecular weight is 296 g/mol. The minimum atomic E-state index is -0.304. The van der Waals surface area contributed by atoms with E-state index in [1.54, 1.807) is 11.3 Å². The highest BCUT2D eigenvalue weighted by molar-refractivity contribution is 7.80. The third kappa shape index (κ3) is 2.94. The standard InChI is InChI=1S/C14H21BO2S2/c1-10-11(6-7-19-10)8-12(9-18)15-16-13(2,3)14(4,5)17-15/h6-8,18H,9H2,1-5H3. The summed E-state index contributed by atoms with van der Waals surface area (Å²) in [4.78, 5) is 1.30. The Hall–Kier alpha value is -0.225. The maximum absolute atomic E-state index is 6.07.